The van der Waals surface area contributed by atoms with Crippen molar-refractivity contribution < 1.29 is 19.6 Å². The molecule has 3 aromatic carbocycles. The fourth-order valence-corrected chi connectivity index (χ4v) is 4.32. The lowest BCUT2D eigenvalue weighted by Crippen LogP contribution is -2.27. The van der Waals surface area contributed by atoms with Gasteiger partial charge in [0.15, 0.2) is 0 Å². The van der Waals surface area contributed by atoms with E-state index in [0.717, 1.165) is 65.5 Å². The summed E-state index contributed by atoms with van der Waals surface area (Å²) in [7, 11) is 0. The number of carbonyl (C=O) groups is 1. The van der Waals surface area contributed by atoms with Crippen molar-refractivity contribution in [2.75, 3.05) is 26.2 Å². The first-order valence-electron chi connectivity index (χ1n) is 12.7. The van der Waals surface area contributed by atoms with Gasteiger partial charge in [-0.2, -0.15) is 0 Å². The zero-order valence-corrected chi connectivity index (χ0v) is 22.2. The number of carboxylic acids is 1. The average Bonchev–Trinajstić information content (AvgIpc) is 2.89. The van der Waals surface area contributed by atoms with Crippen LogP contribution in [0.2, 0.25) is 0 Å². The third-order valence-electron chi connectivity index (χ3n) is 6.49. The molecule has 0 fully saturated rings. The maximum absolute atomic E-state index is 11.5. The van der Waals surface area contributed by atoms with Gasteiger partial charge < -0.3 is 14.8 Å². The molecule has 0 aliphatic carbocycles. The minimum absolute atomic E-state index is 0.131. The van der Waals surface area contributed by atoms with Crippen LogP contribution in [0.3, 0.4) is 0 Å². The Balaban J connectivity index is 2.17. The quantitative estimate of drug-likeness (QED) is 0.232. The Morgan fingerprint density at radius 2 is 1.14 bits per heavy atom. The van der Waals surface area contributed by atoms with Crippen molar-refractivity contribution in [2.45, 2.75) is 47.5 Å². The fourth-order valence-electron chi connectivity index (χ4n) is 4.32. The second-order valence-electron chi connectivity index (χ2n) is 8.81. The van der Waals surface area contributed by atoms with E-state index in [2.05, 4.69) is 65.8 Å². The number of benzene rings is 3. The molecule has 0 amide bonds. The van der Waals surface area contributed by atoms with Crippen molar-refractivity contribution in [3.8, 4) is 11.5 Å². The van der Waals surface area contributed by atoms with Gasteiger partial charge in [-0.1, -0.05) is 24.3 Å². The van der Waals surface area contributed by atoms with Crippen LogP contribution >= 0.6 is 0 Å². The van der Waals surface area contributed by atoms with Gasteiger partial charge in [0.25, 0.3) is 0 Å². The van der Waals surface area contributed by atoms with Crippen molar-refractivity contribution in [1.82, 2.24) is 10.1 Å². The summed E-state index contributed by atoms with van der Waals surface area (Å²) in [5.74, 6) is 0.488. The molecule has 0 unspecified atom stereocenters. The number of rotatable bonds is 12. The number of hydroxylamine groups is 4. The summed E-state index contributed by atoms with van der Waals surface area (Å²) in [6, 6.07) is 19.5. The lowest BCUT2D eigenvalue weighted by Gasteiger charge is -2.26. The summed E-state index contributed by atoms with van der Waals surface area (Å²) in [6.45, 7) is 15.6. The molecule has 0 atom stereocenters. The van der Waals surface area contributed by atoms with Crippen LogP contribution in [0.1, 0.15) is 71.8 Å². The van der Waals surface area contributed by atoms with Gasteiger partial charge in [0, 0.05) is 32.1 Å². The molecule has 1 N–H and O–H groups in total. The van der Waals surface area contributed by atoms with Gasteiger partial charge in [-0.25, -0.2) is 4.79 Å². The van der Waals surface area contributed by atoms with Crippen molar-refractivity contribution in [3.63, 3.8) is 0 Å². The molecule has 0 aliphatic heterocycles. The van der Waals surface area contributed by atoms with Gasteiger partial charge in [-0.15, -0.1) is 10.1 Å². The van der Waals surface area contributed by atoms with E-state index in [9.17, 15) is 9.90 Å². The molecule has 0 saturated heterocycles. The first kappa shape index (κ1) is 27.2. The summed E-state index contributed by atoms with van der Waals surface area (Å²) in [6.07, 6.45) is 0. The number of carboxylic acid groups (broad SMARTS) is 1. The van der Waals surface area contributed by atoms with Crippen LogP contribution in [-0.4, -0.2) is 47.4 Å². The van der Waals surface area contributed by atoms with Crippen LogP contribution in [0.25, 0.3) is 0 Å². The standard InChI is InChI=1S/C30H38N2O4/c1-7-31(8-2)35-25-17-11-21(5)27(19-25)29(23-13-15-24(16-14-23)30(33)34)28-20-26(18-12-22(28)6)36-32(9-3)10-4/h11-20,29H,7-10H2,1-6H3,(H,33,34). The number of aromatic carboxylic acids is 1. The zero-order valence-electron chi connectivity index (χ0n) is 22.2. The Bertz CT molecular complexity index is 1090. The lowest BCUT2D eigenvalue weighted by atomic mass is 9.81. The van der Waals surface area contributed by atoms with Gasteiger partial charge in [0.2, 0.25) is 0 Å². The van der Waals surface area contributed by atoms with E-state index in [1.165, 1.54) is 0 Å². The van der Waals surface area contributed by atoms with Gasteiger partial charge >= 0.3 is 5.97 Å². The highest BCUT2D eigenvalue weighted by atomic mass is 16.7. The van der Waals surface area contributed by atoms with E-state index >= 15 is 0 Å². The molecule has 6 nitrogen and oxygen atoms in total. The molecule has 0 spiro atoms. The minimum atomic E-state index is -0.935. The topological polar surface area (TPSA) is 62.2 Å². The molecule has 3 aromatic rings. The van der Waals surface area contributed by atoms with Gasteiger partial charge in [-0.05, 0) is 106 Å². The van der Waals surface area contributed by atoms with Gasteiger partial charge in [0.1, 0.15) is 11.5 Å². The number of nitrogens with zero attached hydrogens (tertiary/aromatic N) is 2. The number of hydrogen-bond donors (Lipinski definition) is 1. The van der Waals surface area contributed by atoms with Crippen molar-refractivity contribution >= 4 is 5.97 Å². The summed E-state index contributed by atoms with van der Waals surface area (Å²) >= 11 is 0. The Morgan fingerprint density at radius 3 is 1.50 bits per heavy atom. The molecule has 0 heterocycles. The highest BCUT2D eigenvalue weighted by molar-refractivity contribution is 5.87. The lowest BCUT2D eigenvalue weighted by molar-refractivity contribution is -0.0487. The predicted molar refractivity (Wildman–Crippen MR) is 144 cm³/mol. The molecule has 192 valence electrons. The second-order valence-corrected chi connectivity index (χ2v) is 8.81. The third-order valence-corrected chi connectivity index (χ3v) is 6.49. The zero-order chi connectivity index (χ0) is 26.2. The van der Waals surface area contributed by atoms with E-state index < -0.39 is 5.97 Å². The molecule has 0 aromatic heterocycles. The van der Waals surface area contributed by atoms with Crippen LogP contribution in [0.4, 0.5) is 0 Å². The van der Waals surface area contributed by atoms with Crippen LogP contribution in [0.5, 0.6) is 11.5 Å². The number of aryl methyl sites for hydroxylation is 2. The molecule has 0 saturated carbocycles. The van der Waals surface area contributed by atoms with Crippen molar-refractivity contribution in [2.24, 2.45) is 0 Å². The largest absolute Gasteiger partial charge is 0.478 e. The summed E-state index contributed by atoms with van der Waals surface area (Å²) in [5, 5.41) is 13.3. The summed E-state index contributed by atoms with van der Waals surface area (Å²) in [5.41, 5.74) is 5.73. The third kappa shape index (κ3) is 6.45. The molecule has 0 bridgehead atoms. The molecule has 36 heavy (non-hydrogen) atoms. The van der Waals surface area contributed by atoms with E-state index in [1.54, 1.807) is 12.1 Å². The SMILES string of the molecule is CCN(CC)Oc1ccc(C)c(C(c2ccc(C(=O)O)cc2)c2cc(ON(CC)CC)ccc2C)c1. The molecule has 0 aliphatic rings. The fraction of sp³-hybridized carbons (Fsp3) is 0.367. The first-order valence-corrected chi connectivity index (χ1v) is 12.7. The van der Waals surface area contributed by atoms with E-state index in [1.807, 2.05) is 34.4 Å². The molecular formula is C30H38N2O4. The monoisotopic (exact) mass is 490 g/mol. The van der Waals surface area contributed by atoms with Crippen LogP contribution < -0.4 is 9.68 Å². The highest BCUT2D eigenvalue weighted by Gasteiger charge is 2.23. The maximum Gasteiger partial charge on any atom is 0.335 e. The maximum atomic E-state index is 11.5. The van der Waals surface area contributed by atoms with E-state index in [0.29, 0.717) is 0 Å². The average molecular weight is 491 g/mol. The van der Waals surface area contributed by atoms with Crippen molar-refractivity contribution in [1.29, 1.82) is 0 Å². The smallest absolute Gasteiger partial charge is 0.335 e. The molecule has 0 radical (unpaired) electrons. The van der Waals surface area contributed by atoms with Crippen molar-refractivity contribution in [3.05, 3.63) is 94.0 Å². The normalized spacial score (nSPS) is 11.4. The Kier molecular flexibility index (Phi) is 9.51. The van der Waals surface area contributed by atoms with E-state index in [-0.39, 0.29) is 11.5 Å². The Morgan fingerprint density at radius 1 is 0.722 bits per heavy atom. The second kappa shape index (κ2) is 12.6. The first-order chi connectivity index (χ1) is 17.3. The number of hydrogen-bond acceptors (Lipinski definition) is 5. The van der Waals surface area contributed by atoms with Gasteiger partial charge in [0.05, 0.1) is 5.56 Å². The Hall–Kier alpha value is -3.35. The van der Waals surface area contributed by atoms with E-state index in [4.69, 9.17) is 9.68 Å². The van der Waals surface area contributed by atoms with Gasteiger partial charge in [-0.3, -0.25) is 0 Å². The molecular weight excluding hydrogens is 452 g/mol. The predicted octanol–water partition coefficient (Wildman–Crippen LogP) is 6.45. The summed E-state index contributed by atoms with van der Waals surface area (Å²) in [4.78, 5) is 23.8. The molecule has 6 heteroatoms. The molecule has 3 rings (SSSR count). The highest BCUT2D eigenvalue weighted by Crippen LogP contribution is 2.39. The van der Waals surface area contributed by atoms with Crippen LogP contribution in [0.15, 0.2) is 60.7 Å². The van der Waals surface area contributed by atoms with Crippen LogP contribution in [0, 0.1) is 13.8 Å². The summed E-state index contributed by atoms with van der Waals surface area (Å²) < 4.78 is 0. The Labute approximate surface area is 215 Å². The van der Waals surface area contributed by atoms with Crippen LogP contribution in [-0.2, 0) is 0 Å². The minimum Gasteiger partial charge on any atom is -0.478 e.